The van der Waals surface area contributed by atoms with Crippen molar-refractivity contribution in [2.45, 2.75) is 44.8 Å². The Labute approximate surface area is 191 Å². The van der Waals surface area contributed by atoms with Gasteiger partial charge in [0.2, 0.25) is 0 Å². The van der Waals surface area contributed by atoms with Gasteiger partial charge in [0.05, 0.1) is 12.7 Å². The Kier molecular flexibility index (Phi) is 8.23. The summed E-state index contributed by atoms with van der Waals surface area (Å²) < 4.78 is 29.0. The molecule has 1 aliphatic carbocycles. The van der Waals surface area contributed by atoms with E-state index in [9.17, 15) is 18.8 Å². The quantitative estimate of drug-likeness (QED) is 0.558. The number of rotatable bonds is 9. The average Bonchev–Trinajstić information content (AvgIpc) is 3.32. The van der Waals surface area contributed by atoms with Gasteiger partial charge in [-0.2, -0.15) is 0 Å². The van der Waals surface area contributed by atoms with Crippen LogP contribution in [0.25, 0.3) is 0 Å². The Hall–Kier alpha value is -3.62. The molecule has 0 bridgehead atoms. The Morgan fingerprint density at radius 1 is 1.06 bits per heavy atom. The molecule has 1 saturated carbocycles. The highest BCUT2D eigenvalue weighted by molar-refractivity contribution is 5.93. The van der Waals surface area contributed by atoms with Gasteiger partial charge in [-0.05, 0) is 62.2 Å². The molecule has 2 aromatic carbocycles. The van der Waals surface area contributed by atoms with Crippen molar-refractivity contribution in [3.63, 3.8) is 0 Å². The number of halogens is 1. The lowest BCUT2D eigenvalue weighted by molar-refractivity contribution is -0.129. The van der Waals surface area contributed by atoms with E-state index in [-0.39, 0.29) is 35.6 Å². The van der Waals surface area contributed by atoms with Crippen LogP contribution in [0.1, 0.15) is 43.0 Å². The summed E-state index contributed by atoms with van der Waals surface area (Å²) in [5.74, 6) is -1.39. The first-order valence-corrected chi connectivity index (χ1v) is 10.7. The maximum absolute atomic E-state index is 13.0. The van der Waals surface area contributed by atoms with Crippen LogP contribution in [-0.4, -0.2) is 43.6 Å². The van der Waals surface area contributed by atoms with Crippen LogP contribution in [0.4, 0.5) is 10.1 Å². The van der Waals surface area contributed by atoms with Crippen LogP contribution in [0.5, 0.6) is 11.5 Å². The number of nitrogens with one attached hydrogen (secondary N) is 2. The monoisotopic (exact) mass is 458 g/mol. The lowest BCUT2D eigenvalue weighted by Crippen LogP contribution is -2.40. The van der Waals surface area contributed by atoms with Gasteiger partial charge < -0.3 is 24.8 Å². The molecule has 2 aromatic rings. The molecule has 176 valence electrons. The van der Waals surface area contributed by atoms with Crippen molar-refractivity contribution < 1.29 is 33.0 Å². The molecule has 1 aliphatic rings. The number of hydrogen-bond acceptors (Lipinski definition) is 6. The van der Waals surface area contributed by atoms with E-state index >= 15 is 0 Å². The molecular formula is C24H27FN2O6. The zero-order chi connectivity index (χ0) is 23.8. The zero-order valence-electron chi connectivity index (χ0n) is 18.6. The number of esters is 1. The molecule has 0 saturated heterocycles. The van der Waals surface area contributed by atoms with Crippen molar-refractivity contribution in [1.82, 2.24) is 5.32 Å². The fourth-order valence-electron chi connectivity index (χ4n) is 3.46. The van der Waals surface area contributed by atoms with E-state index in [0.29, 0.717) is 5.69 Å². The molecule has 2 amide bonds. The summed E-state index contributed by atoms with van der Waals surface area (Å²) >= 11 is 0. The molecule has 1 unspecified atom stereocenters. The third kappa shape index (κ3) is 6.93. The Bertz CT molecular complexity index is 989. The van der Waals surface area contributed by atoms with Gasteiger partial charge in [-0.15, -0.1) is 0 Å². The summed E-state index contributed by atoms with van der Waals surface area (Å²) in [5, 5.41) is 5.48. The van der Waals surface area contributed by atoms with Crippen molar-refractivity contribution in [3.05, 3.63) is 53.8 Å². The molecule has 1 fully saturated rings. The summed E-state index contributed by atoms with van der Waals surface area (Å²) in [6, 6.07) is 9.82. The van der Waals surface area contributed by atoms with Crippen molar-refractivity contribution in [3.8, 4) is 11.5 Å². The maximum Gasteiger partial charge on any atom is 0.339 e. The van der Waals surface area contributed by atoms with Crippen LogP contribution in [0.3, 0.4) is 0 Å². The Morgan fingerprint density at radius 2 is 1.76 bits per heavy atom. The molecule has 1 atom stereocenters. The highest BCUT2D eigenvalue weighted by atomic mass is 19.1. The highest BCUT2D eigenvalue weighted by Gasteiger charge is 2.24. The van der Waals surface area contributed by atoms with Gasteiger partial charge in [-0.3, -0.25) is 9.59 Å². The minimum atomic E-state index is -0.935. The van der Waals surface area contributed by atoms with Crippen LogP contribution >= 0.6 is 0 Å². The van der Waals surface area contributed by atoms with Crippen LogP contribution in [-0.2, 0) is 14.3 Å². The molecule has 0 radical (unpaired) electrons. The molecule has 9 heteroatoms. The van der Waals surface area contributed by atoms with E-state index in [4.69, 9.17) is 14.2 Å². The van der Waals surface area contributed by atoms with Crippen molar-refractivity contribution in [2.75, 3.05) is 19.0 Å². The molecule has 2 N–H and O–H groups in total. The van der Waals surface area contributed by atoms with Crippen molar-refractivity contribution in [1.29, 1.82) is 0 Å². The second kappa shape index (κ2) is 11.3. The lowest BCUT2D eigenvalue weighted by atomic mass is 10.2. The predicted molar refractivity (Wildman–Crippen MR) is 119 cm³/mol. The first-order valence-electron chi connectivity index (χ1n) is 10.7. The van der Waals surface area contributed by atoms with E-state index < -0.39 is 23.8 Å². The fraction of sp³-hybridized carbons (Fsp3) is 0.375. The smallest absolute Gasteiger partial charge is 0.339 e. The number of hydrogen-bond donors (Lipinski definition) is 2. The van der Waals surface area contributed by atoms with Crippen molar-refractivity contribution in [2.24, 2.45) is 0 Å². The molecule has 0 aromatic heterocycles. The van der Waals surface area contributed by atoms with Gasteiger partial charge in [0.1, 0.15) is 5.82 Å². The molecule has 0 spiro atoms. The van der Waals surface area contributed by atoms with E-state index in [1.165, 1.54) is 56.5 Å². The summed E-state index contributed by atoms with van der Waals surface area (Å²) in [5.41, 5.74) is 0.608. The summed E-state index contributed by atoms with van der Waals surface area (Å²) in [6.07, 6.45) is 3.11. The van der Waals surface area contributed by atoms with Gasteiger partial charge in [0.15, 0.2) is 24.2 Å². The Balaban J connectivity index is 1.54. The number of ether oxygens (including phenoxy) is 3. The normalized spacial score (nSPS) is 14.3. The van der Waals surface area contributed by atoms with Crippen LogP contribution in [0.15, 0.2) is 42.5 Å². The fourth-order valence-corrected chi connectivity index (χ4v) is 3.46. The van der Waals surface area contributed by atoms with Gasteiger partial charge in [0.25, 0.3) is 11.8 Å². The number of amides is 2. The summed E-state index contributed by atoms with van der Waals surface area (Å²) in [6.45, 7) is 1.20. The van der Waals surface area contributed by atoms with Crippen LogP contribution in [0.2, 0.25) is 0 Å². The average molecular weight is 458 g/mol. The third-order valence-electron chi connectivity index (χ3n) is 5.24. The van der Waals surface area contributed by atoms with Crippen LogP contribution in [0, 0.1) is 5.82 Å². The first kappa shape index (κ1) is 24.0. The van der Waals surface area contributed by atoms with Crippen molar-refractivity contribution >= 4 is 23.5 Å². The van der Waals surface area contributed by atoms with Gasteiger partial charge in [0, 0.05) is 11.7 Å². The van der Waals surface area contributed by atoms with Gasteiger partial charge in [-0.1, -0.05) is 12.8 Å². The van der Waals surface area contributed by atoms with E-state index in [1.807, 2.05) is 0 Å². The molecule has 0 aliphatic heterocycles. The Morgan fingerprint density at radius 3 is 2.42 bits per heavy atom. The number of carbonyl (C=O) groups is 3. The topological polar surface area (TPSA) is 103 Å². The maximum atomic E-state index is 13.0. The summed E-state index contributed by atoms with van der Waals surface area (Å²) in [4.78, 5) is 36.8. The first-order chi connectivity index (χ1) is 15.9. The molecule has 0 heterocycles. The zero-order valence-corrected chi connectivity index (χ0v) is 18.6. The van der Waals surface area contributed by atoms with E-state index in [2.05, 4.69) is 10.6 Å². The highest BCUT2D eigenvalue weighted by Crippen LogP contribution is 2.28. The SMILES string of the molecule is COc1cc(C(=O)OC(C)C(=O)NC2CCCC2)ccc1OCC(=O)Nc1ccc(F)cc1. The number of methoxy groups -OCH3 is 1. The molecule has 8 nitrogen and oxygen atoms in total. The molecule has 3 rings (SSSR count). The standard InChI is InChI=1S/C24H27FN2O6/c1-15(23(29)27-18-5-3-4-6-18)33-24(30)16-7-12-20(21(13-16)31-2)32-14-22(28)26-19-10-8-17(25)9-11-19/h7-13,15,18H,3-6,14H2,1-2H3,(H,26,28)(H,27,29). The number of carbonyl (C=O) groups excluding carboxylic acids is 3. The second-order valence-electron chi connectivity index (χ2n) is 7.75. The molecule has 33 heavy (non-hydrogen) atoms. The number of anilines is 1. The van der Waals surface area contributed by atoms with E-state index in [0.717, 1.165) is 25.7 Å². The van der Waals surface area contributed by atoms with Crippen LogP contribution < -0.4 is 20.1 Å². The van der Waals surface area contributed by atoms with Gasteiger partial charge >= 0.3 is 5.97 Å². The second-order valence-corrected chi connectivity index (χ2v) is 7.75. The molecular weight excluding hydrogens is 431 g/mol. The summed E-state index contributed by atoms with van der Waals surface area (Å²) in [7, 11) is 1.40. The lowest BCUT2D eigenvalue weighted by Gasteiger charge is -2.17. The third-order valence-corrected chi connectivity index (χ3v) is 5.24. The number of benzene rings is 2. The minimum absolute atomic E-state index is 0.135. The largest absolute Gasteiger partial charge is 0.493 e. The predicted octanol–water partition coefficient (Wildman–Crippen LogP) is 3.46. The van der Waals surface area contributed by atoms with Gasteiger partial charge in [-0.25, -0.2) is 9.18 Å². The van der Waals surface area contributed by atoms with E-state index in [1.54, 1.807) is 0 Å². The minimum Gasteiger partial charge on any atom is -0.493 e.